The van der Waals surface area contributed by atoms with E-state index in [-0.39, 0.29) is 0 Å². The Morgan fingerprint density at radius 3 is 2.03 bits per heavy atom. The van der Waals surface area contributed by atoms with E-state index in [1.54, 1.807) is 28.4 Å². The van der Waals surface area contributed by atoms with Crippen molar-refractivity contribution >= 4 is 0 Å². The minimum Gasteiger partial charge on any atom is -0.493 e. The van der Waals surface area contributed by atoms with Crippen LogP contribution in [0.15, 0.2) is 60.7 Å². The second-order valence-electron chi connectivity index (χ2n) is 7.96. The Morgan fingerprint density at radius 1 is 0.710 bits per heavy atom. The molecule has 162 valence electrons. The van der Waals surface area contributed by atoms with Gasteiger partial charge in [-0.15, -0.1) is 0 Å². The monoisotopic (exact) mass is 418 g/mol. The molecule has 0 bridgehead atoms. The van der Waals surface area contributed by atoms with Crippen LogP contribution >= 0.6 is 0 Å². The quantitative estimate of drug-likeness (QED) is 0.488. The lowest BCUT2D eigenvalue weighted by atomic mass is 9.70. The molecule has 4 heteroatoms. The molecule has 2 atom stereocenters. The number of fused-ring (bicyclic) bond motifs is 1. The summed E-state index contributed by atoms with van der Waals surface area (Å²) in [5, 5.41) is 0. The highest BCUT2D eigenvalue weighted by Crippen LogP contribution is 2.47. The zero-order valence-electron chi connectivity index (χ0n) is 18.7. The van der Waals surface area contributed by atoms with Gasteiger partial charge in [0, 0.05) is 0 Å². The standard InChI is InChI=1S/C27H30O4/c1-28-24-13-10-18(15-25(24)29-2)14-23-21(19-8-6-5-7-9-19)12-11-20-16-26(30-3)27(31-4)17-22(20)23/h5-10,13,15-17,21,23H,11-12,14H2,1-4H3. The van der Waals surface area contributed by atoms with Crippen LogP contribution in [0.25, 0.3) is 0 Å². The second-order valence-corrected chi connectivity index (χ2v) is 7.96. The molecule has 4 rings (SSSR count). The van der Waals surface area contributed by atoms with Crippen molar-refractivity contribution in [3.63, 3.8) is 0 Å². The number of ether oxygens (including phenoxy) is 4. The molecule has 0 saturated heterocycles. The first-order valence-electron chi connectivity index (χ1n) is 10.7. The third-order valence-corrected chi connectivity index (χ3v) is 6.39. The lowest BCUT2D eigenvalue weighted by Gasteiger charge is -2.35. The Morgan fingerprint density at radius 2 is 1.35 bits per heavy atom. The highest BCUT2D eigenvalue weighted by atomic mass is 16.5. The minimum absolute atomic E-state index is 0.323. The molecule has 0 aliphatic heterocycles. The van der Waals surface area contributed by atoms with Crippen molar-refractivity contribution in [2.75, 3.05) is 28.4 Å². The van der Waals surface area contributed by atoms with Crippen LogP contribution in [0.2, 0.25) is 0 Å². The Kier molecular flexibility index (Phi) is 6.36. The summed E-state index contributed by atoms with van der Waals surface area (Å²) in [4.78, 5) is 0. The maximum atomic E-state index is 5.65. The molecule has 1 aliphatic rings. The average Bonchev–Trinajstić information content (AvgIpc) is 2.83. The summed E-state index contributed by atoms with van der Waals surface area (Å²) in [5.41, 5.74) is 5.29. The summed E-state index contributed by atoms with van der Waals surface area (Å²) >= 11 is 0. The number of rotatable bonds is 7. The fourth-order valence-corrected chi connectivity index (χ4v) is 4.84. The highest BCUT2D eigenvalue weighted by molar-refractivity contribution is 5.52. The van der Waals surface area contributed by atoms with Crippen LogP contribution in [0.4, 0.5) is 0 Å². The van der Waals surface area contributed by atoms with E-state index in [1.165, 1.54) is 22.3 Å². The van der Waals surface area contributed by atoms with E-state index in [2.05, 4.69) is 54.6 Å². The molecule has 31 heavy (non-hydrogen) atoms. The maximum absolute atomic E-state index is 5.65. The summed E-state index contributed by atoms with van der Waals surface area (Å²) < 4.78 is 22.2. The molecule has 0 radical (unpaired) electrons. The smallest absolute Gasteiger partial charge is 0.161 e. The van der Waals surface area contributed by atoms with Gasteiger partial charge < -0.3 is 18.9 Å². The van der Waals surface area contributed by atoms with Gasteiger partial charge in [-0.05, 0) is 77.6 Å². The zero-order valence-corrected chi connectivity index (χ0v) is 18.7. The zero-order chi connectivity index (χ0) is 21.8. The number of hydrogen-bond acceptors (Lipinski definition) is 4. The summed E-state index contributed by atoms with van der Waals surface area (Å²) in [6, 6.07) is 21.4. The van der Waals surface area contributed by atoms with Crippen molar-refractivity contribution in [2.45, 2.75) is 31.1 Å². The van der Waals surface area contributed by atoms with Crippen LogP contribution in [0, 0.1) is 0 Å². The Labute approximate surface area is 184 Å². The van der Waals surface area contributed by atoms with Crippen molar-refractivity contribution in [1.29, 1.82) is 0 Å². The molecule has 0 N–H and O–H groups in total. The first-order chi connectivity index (χ1) is 15.2. The van der Waals surface area contributed by atoms with Gasteiger partial charge in [-0.3, -0.25) is 0 Å². The van der Waals surface area contributed by atoms with Crippen molar-refractivity contribution in [3.05, 3.63) is 82.9 Å². The van der Waals surface area contributed by atoms with Crippen LogP contribution in [-0.4, -0.2) is 28.4 Å². The second kappa shape index (κ2) is 9.34. The van der Waals surface area contributed by atoms with Gasteiger partial charge >= 0.3 is 0 Å². The van der Waals surface area contributed by atoms with Crippen LogP contribution in [0.5, 0.6) is 23.0 Å². The van der Waals surface area contributed by atoms with Crippen LogP contribution in [-0.2, 0) is 12.8 Å². The normalized spacial score (nSPS) is 17.5. The van der Waals surface area contributed by atoms with Gasteiger partial charge in [0.15, 0.2) is 23.0 Å². The van der Waals surface area contributed by atoms with E-state index in [9.17, 15) is 0 Å². The summed E-state index contributed by atoms with van der Waals surface area (Å²) in [6.45, 7) is 0. The van der Waals surface area contributed by atoms with Crippen molar-refractivity contribution in [3.8, 4) is 23.0 Å². The Bertz CT molecular complexity index is 1030. The predicted octanol–water partition coefficient (Wildman–Crippen LogP) is 5.78. The van der Waals surface area contributed by atoms with E-state index in [4.69, 9.17) is 18.9 Å². The van der Waals surface area contributed by atoms with Gasteiger partial charge in [0.2, 0.25) is 0 Å². The molecule has 0 heterocycles. The van der Waals surface area contributed by atoms with Crippen LogP contribution < -0.4 is 18.9 Å². The topological polar surface area (TPSA) is 36.9 Å². The van der Waals surface area contributed by atoms with E-state index in [0.29, 0.717) is 11.8 Å². The molecule has 0 aromatic heterocycles. The van der Waals surface area contributed by atoms with Gasteiger partial charge in [-0.2, -0.15) is 0 Å². The molecule has 0 spiro atoms. The summed E-state index contributed by atoms with van der Waals surface area (Å²) in [6.07, 6.45) is 3.03. The van der Waals surface area contributed by atoms with E-state index in [1.807, 2.05) is 6.07 Å². The molecular weight excluding hydrogens is 388 g/mol. The average molecular weight is 419 g/mol. The number of benzene rings is 3. The number of aryl methyl sites for hydroxylation is 1. The van der Waals surface area contributed by atoms with Gasteiger partial charge in [0.05, 0.1) is 28.4 Å². The molecular formula is C27H30O4. The first kappa shape index (κ1) is 21.1. The van der Waals surface area contributed by atoms with Crippen LogP contribution in [0.3, 0.4) is 0 Å². The Balaban J connectivity index is 1.78. The largest absolute Gasteiger partial charge is 0.493 e. The van der Waals surface area contributed by atoms with E-state index < -0.39 is 0 Å². The van der Waals surface area contributed by atoms with Gasteiger partial charge in [0.1, 0.15) is 0 Å². The molecule has 4 nitrogen and oxygen atoms in total. The number of hydrogen-bond donors (Lipinski definition) is 0. The Hall–Kier alpha value is -3.14. The highest BCUT2D eigenvalue weighted by Gasteiger charge is 2.32. The molecule has 0 saturated carbocycles. The summed E-state index contributed by atoms with van der Waals surface area (Å²) in [7, 11) is 6.74. The molecule has 0 fully saturated rings. The third-order valence-electron chi connectivity index (χ3n) is 6.39. The predicted molar refractivity (Wildman–Crippen MR) is 123 cm³/mol. The lowest BCUT2D eigenvalue weighted by Crippen LogP contribution is -2.21. The number of methoxy groups -OCH3 is 4. The first-order valence-corrected chi connectivity index (χ1v) is 10.7. The minimum atomic E-state index is 0.323. The van der Waals surface area contributed by atoms with Gasteiger partial charge in [-0.25, -0.2) is 0 Å². The molecule has 0 amide bonds. The van der Waals surface area contributed by atoms with Crippen molar-refractivity contribution in [1.82, 2.24) is 0 Å². The van der Waals surface area contributed by atoms with Gasteiger partial charge in [-0.1, -0.05) is 36.4 Å². The summed E-state index contributed by atoms with van der Waals surface area (Å²) in [5.74, 6) is 3.85. The molecule has 3 aromatic rings. The third kappa shape index (κ3) is 4.20. The van der Waals surface area contributed by atoms with Crippen molar-refractivity contribution in [2.24, 2.45) is 0 Å². The van der Waals surface area contributed by atoms with Gasteiger partial charge in [0.25, 0.3) is 0 Å². The maximum Gasteiger partial charge on any atom is 0.161 e. The fraction of sp³-hybridized carbons (Fsp3) is 0.333. The van der Waals surface area contributed by atoms with E-state index in [0.717, 1.165) is 42.3 Å². The molecule has 3 aromatic carbocycles. The van der Waals surface area contributed by atoms with Crippen LogP contribution in [0.1, 0.15) is 40.5 Å². The molecule has 2 unspecified atom stereocenters. The molecule has 1 aliphatic carbocycles. The SMILES string of the molecule is COc1ccc(CC2c3cc(OC)c(OC)cc3CCC2c2ccccc2)cc1OC. The van der Waals surface area contributed by atoms with E-state index >= 15 is 0 Å². The van der Waals surface area contributed by atoms with Crippen molar-refractivity contribution < 1.29 is 18.9 Å². The fourth-order valence-electron chi connectivity index (χ4n) is 4.84. The lowest BCUT2D eigenvalue weighted by molar-refractivity contribution is 0.351.